The molecule has 19 heavy (non-hydrogen) atoms. The van der Waals surface area contributed by atoms with Gasteiger partial charge in [0.05, 0.1) is 12.3 Å². The number of carbonyl (C=O) groups is 1. The van der Waals surface area contributed by atoms with Crippen LogP contribution in [-0.4, -0.2) is 22.3 Å². The van der Waals surface area contributed by atoms with Crippen molar-refractivity contribution in [3.05, 3.63) is 41.7 Å². The highest BCUT2D eigenvalue weighted by atomic mass is 16.5. The number of rotatable bonds is 4. The van der Waals surface area contributed by atoms with E-state index < -0.39 is 0 Å². The molecular weight excluding hydrogens is 242 g/mol. The van der Waals surface area contributed by atoms with Crippen LogP contribution in [0.1, 0.15) is 23.1 Å². The van der Waals surface area contributed by atoms with Crippen molar-refractivity contribution < 1.29 is 9.53 Å². The molecule has 0 aliphatic rings. The third kappa shape index (κ3) is 2.93. The normalized spacial score (nSPS) is 10.3. The summed E-state index contributed by atoms with van der Waals surface area (Å²) in [6, 6.07) is 9.09. The molecule has 0 unspecified atom stereocenters. The van der Waals surface area contributed by atoms with E-state index in [0.29, 0.717) is 23.7 Å². The molecule has 0 aliphatic heterocycles. The van der Waals surface area contributed by atoms with Crippen LogP contribution in [0.2, 0.25) is 0 Å². The van der Waals surface area contributed by atoms with Crippen LogP contribution in [-0.2, 0) is 7.05 Å². The molecule has 0 radical (unpaired) electrons. The standard InChI is InChI=1S/C14H17N3O2/c1-4-19-13-8-6-5-7-11(13)15-14(18)12-9-10(2)17(3)16-12/h5-9H,4H2,1-3H3,(H,15,18). The molecule has 0 aliphatic carbocycles. The number of hydrogen-bond acceptors (Lipinski definition) is 3. The minimum absolute atomic E-state index is 0.240. The van der Waals surface area contributed by atoms with Crippen LogP contribution < -0.4 is 10.1 Å². The number of amides is 1. The van der Waals surface area contributed by atoms with Crippen LogP contribution in [0, 0.1) is 6.92 Å². The average Bonchev–Trinajstić information content (AvgIpc) is 2.72. The Morgan fingerprint density at radius 3 is 2.79 bits per heavy atom. The molecule has 100 valence electrons. The predicted octanol–water partition coefficient (Wildman–Crippen LogP) is 2.38. The van der Waals surface area contributed by atoms with Gasteiger partial charge in [0.2, 0.25) is 0 Å². The monoisotopic (exact) mass is 259 g/mol. The lowest BCUT2D eigenvalue weighted by atomic mass is 10.2. The Morgan fingerprint density at radius 2 is 2.16 bits per heavy atom. The zero-order chi connectivity index (χ0) is 13.8. The topological polar surface area (TPSA) is 56.1 Å². The molecule has 1 N–H and O–H groups in total. The van der Waals surface area contributed by atoms with Gasteiger partial charge in [0.25, 0.3) is 5.91 Å². The molecule has 1 amide bonds. The van der Waals surface area contributed by atoms with Crippen LogP contribution >= 0.6 is 0 Å². The Bertz CT molecular complexity index is 571. The Balaban J connectivity index is 2.19. The van der Waals surface area contributed by atoms with Gasteiger partial charge < -0.3 is 10.1 Å². The van der Waals surface area contributed by atoms with Gasteiger partial charge in [0, 0.05) is 12.7 Å². The number of hydrogen-bond donors (Lipinski definition) is 1. The summed E-state index contributed by atoms with van der Waals surface area (Å²) in [6.07, 6.45) is 0. The van der Waals surface area contributed by atoms with Gasteiger partial charge >= 0.3 is 0 Å². The fourth-order valence-corrected chi connectivity index (χ4v) is 1.71. The first-order chi connectivity index (χ1) is 9.11. The molecule has 2 rings (SSSR count). The summed E-state index contributed by atoms with van der Waals surface area (Å²) >= 11 is 0. The number of benzene rings is 1. The number of carbonyl (C=O) groups excluding carboxylic acids is 1. The van der Waals surface area contributed by atoms with Gasteiger partial charge in [-0.25, -0.2) is 0 Å². The van der Waals surface area contributed by atoms with Crippen molar-refractivity contribution in [2.45, 2.75) is 13.8 Å². The first-order valence-corrected chi connectivity index (χ1v) is 6.15. The molecule has 0 saturated carbocycles. The minimum atomic E-state index is -0.240. The summed E-state index contributed by atoms with van der Waals surface area (Å²) in [7, 11) is 1.81. The molecule has 2 aromatic rings. The van der Waals surface area contributed by atoms with Gasteiger partial charge in [-0.15, -0.1) is 0 Å². The summed E-state index contributed by atoms with van der Waals surface area (Å²) in [6.45, 7) is 4.36. The van der Waals surface area contributed by atoms with Crippen molar-refractivity contribution in [3.63, 3.8) is 0 Å². The van der Waals surface area contributed by atoms with E-state index >= 15 is 0 Å². The number of ether oxygens (including phenoxy) is 1. The second-order valence-electron chi connectivity index (χ2n) is 4.18. The molecular formula is C14H17N3O2. The average molecular weight is 259 g/mol. The van der Waals surface area contributed by atoms with Crippen molar-refractivity contribution in [2.24, 2.45) is 7.05 Å². The largest absolute Gasteiger partial charge is 0.492 e. The zero-order valence-electron chi connectivity index (χ0n) is 11.3. The first kappa shape index (κ1) is 13.1. The number of anilines is 1. The maximum absolute atomic E-state index is 12.1. The molecule has 5 heteroatoms. The maximum Gasteiger partial charge on any atom is 0.276 e. The number of aryl methyl sites for hydroxylation is 2. The van der Waals surface area contributed by atoms with Crippen molar-refractivity contribution >= 4 is 11.6 Å². The van der Waals surface area contributed by atoms with Gasteiger partial charge in [-0.3, -0.25) is 9.48 Å². The predicted molar refractivity (Wildman–Crippen MR) is 73.5 cm³/mol. The Hall–Kier alpha value is -2.30. The quantitative estimate of drug-likeness (QED) is 0.917. The smallest absolute Gasteiger partial charge is 0.276 e. The van der Waals surface area contributed by atoms with Crippen LogP contribution in [0.25, 0.3) is 0 Å². The summed E-state index contributed by atoms with van der Waals surface area (Å²) in [5.41, 5.74) is 1.98. The van der Waals surface area contributed by atoms with E-state index in [9.17, 15) is 4.79 Å². The van der Waals surface area contributed by atoms with E-state index in [2.05, 4.69) is 10.4 Å². The molecule has 5 nitrogen and oxygen atoms in total. The van der Waals surface area contributed by atoms with E-state index in [1.54, 1.807) is 23.9 Å². The minimum Gasteiger partial charge on any atom is -0.492 e. The molecule has 1 aromatic carbocycles. The van der Waals surface area contributed by atoms with Crippen molar-refractivity contribution in [1.82, 2.24) is 9.78 Å². The molecule has 0 bridgehead atoms. The second kappa shape index (κ2) is 5.56. The third-order valence-electron chi connectivity index (χ3n) is 2.78. The molecule has 0 atom stereocenters. The number of para-hydroxylation sites is 2. The molecule has 0 saturated heterocycles. The highest BCUT2D eigenvalue weighted by molar-refractivity contribution is 6.03. The fourth-order valence-electron chi connectivity index (χ4n) is 1.71. The van der Waals surface area contributed by atoms with Crippen LogP contribution in [0.3, 0.4) is 0 Å². The summed E-state index contributed by atoms with van der Waals surface area (Å²) in [5.74, 6) is 0.418. The van der Waals surface area contributed by atoms with Gasteiger partial charge in [-0.2, -0.15) is 5.10 Å². The Kier molecular flexibility index (Phi) is 3.85. The van der Waals surface area contributed by atoms with Crippen LogP contribution in [0.5, 0.6) is 5.75 Å². The maximum atomic E-state index is 12.1. The van der Waals surface area contributed by atoms with Crippen molar-refractivity contribution in [3.8, 4) is 5.75 Å². The van der Waals surface area contributed by atoms with Crippen molar-refractivity contribution in [1.29, 1.82) is 0 Å². The van der Waals surface area contributed by atoms with E-state index in [1.807, 2.05) is 32.0 Å². The summed E-state index contributed by atoms with van der Waals surface area (Å²) < 4.78 is 7.13. The highest BCUT2D eigenvalue weighted by Gasteiger charge is 2.13. The van der Waals surface area contributed by atoms with Crippen LogP contribution in [0.15, 0.2) is 30.3 Å². The summed E-state index contributed by atoms with van der Waals surface area (Å²) in [5, 5.41) is 6.96. The number of nitrogens with zero attached hydrogens (tertiary/aromatic N) is 2. The lowest BCUT2D eigenvalue weighted by molar-refractivity contribution is 0.102. The van der Waals surface area contributed by atoms with E-state index in [0.717, 1.165) is 5.69 Å². The molecule has 0 fully saturated rings. The number of aromatic nitrogens is 2. The Labute approximate surface area is 112 Å². The SMILES string of the molecule is CCOc1ccccc1NC(=O)c1cc(C)n(C)n1. The molecule has 0 spiro atoms. The lowest BCUT2D eigenvalue weighted by Crippen LogP contribution is -2.14. The lowest BCUT2D eigenvalue weighted by Gasteiger charge is -2.10. The van der Waals surface area contributed by atoms with E-state index in [-0.39, 0.29) is 5.91 Å². The second-order valence-corrected chi connectivity index (χ2v) is 4.18. The zero-order valence-corrected chi connectivity index (χ0v) is 11.3. The Morgan fingerprint density at radius 1 is 1.42 bits per heavy atom. The van der Waals surface area contributed by atoms with Gasteiger partial charge in [0.1, 0.15) is 5.75 Å². The first-order valence-electron chi connectivity index (χ1n) is 6.15. The number of nitrogens with one attached hydrogen (secondary N) is 1. The molecule has 1 heterocycles. The van der Waals surface area contributed by atoms with E-state index in [4.69, 9.17) is 4.74 Å². The van der Waals surface area contributed by atoms with E-state index in [1.165, 1.54) is 0 Å². The van der Waals surface area contributed by atoms with Crippen molar-refractivity contribution in [2.75, 3.05) is 11.9 Å². The summed E-state index contributed by atoms with van der Waals surface area (Å²) in [4.78, 5) is 12.1. The highest BCUT2D eigenvalue weighted by Crippen LogP contribution is 2.24. The van der Waals surface area contributed by atoms with Gasteiger partial charge in [0.15, 0.2) is 5.69 Å². The van der Waals surface area contributed by atoms with Gasteiger partial charge in [-0.1, -0.05) is 12.1 Å². The van der Waals surface area contributed by atoms with Gasteiger partial charge in [-0.05, 0) is 32.0 Å². The fraction of sp³-hybridized carbons (Fsp3) is 0.286. The van der Waals surface area contributed by atoms with Crippen LogP contribution in [0.4, 0.5) is 5.69 Å². The third-order valence-corrected chi connectivity index (χ3v) is 2.78. The molecule has 1 aromatic heterocycles.